The summed E-state index contributed by atoms with van der Waals surface area (Å²) in [6, 6.07) is 11.8. The second-order valence-electron chi connectivity index (χ2n) is 5.54. The van der Waals surface area contributed by atoms with Crippen LogP contribution < -0.4 is 14.8 Å². The van der Waals surface area contributed by atoms with Crippen molar-refractivity contribution in [3.8, 4) is 11.5 Å². The lowest BCUT2D eigenvalue weighted by Gasteiger charge is -2.13. The molecule has 0 radical (unpaired) electrons. The summed E-state index contributed by atoms with van der Waals surface area (Å²) >= 11 is 0. The first-order chi connectivity index (χ1) is 11.6. The number of nitrogens with one attached hydrogen (secondary N) is 1. The largest absolute Gasteiger partial charge is 0.497 e. The van der Waals surface area contributed by atoms with Crippen molar-refractivity contribution >= 4 is 34.8 Å². The second-order valence-corrected chi connectivity index (χ2v) is 5.54. The van der Waals surface area contributed by atoms with Crippen LogP contribution in [-0.2, 0) is 0 Å². The van der Waals surface area contributed by atoms with Gasteiger partial charge >= 0.3 is 0 Å². The molecule has 5 nitrogen and oxygen atoms in total. The number of aromatic nitrogens is 2. The SMILES string of the molecule is CCOc1cc2c(Nc3ccc(OC)cc3)cc(C)nc2nc1C.Cl. The number of hydrogen-bond acceptors (Lipinski definition) is 5. The number of nitrogens with zero attached hydrogens (tertiary/aromatic N) is 2. The van der Waals surface area contributed by atoms with Crippen molar-refractivity contribution in [3.63, 3.8) is 0 Å². The third-order valence-electron chi connectivity index (χ3n) is 3.74. The molecule has 3 aromatic rings. The Balaban J connectivity index is 0.00000225. The molecule has 0 spiro atoms. The number of pyridine rings is 2. The molecule has 0 amide bonds. The molecule has 3 rings (SSSR count). The number of fused-ring (bicyclic) bond motifs is 1. The van der Waals surface area contributed by atoms with E-state index in [9.17, 15) is 0 Å². The molecule has 1 N–H and O–H groups in total. The lowest BCUT2D eigenvalue weighted by Crippen LogP contribution is -2.00. The molecule has 0 saturated heterocycles. The first-order valence-electron chi connectivity index (χ1n) is 7.93. The highest BCUT2D eigenvalue weighted by molar-refractivity contribution is 5.92. The van der Waals surface area contributed by atoms with E-state index in [1.54, 1.807) is 7.11 Å². The topological polar surface area (TPSA) is 56.3 Å². The second kappa shape index (κ2) is 8.03. The summed E-state index contributed by atoms with van der Waals surface area (Å²) in [5, 5.41) is 4.37. The fourth-order valence-corrected chi connectivity index (χ4v) is 2.58. The normalized spacial score (nSPS) is 10.2. The molecule has 25 heavy (non-hydrogen) atoms. The standard InChI is InChI=1S/C19H21N3O2.ClH/c1-5-24-18-11-16-17(10-12(2)20-19(16)21-13(18)3)22-14-6-8-15(23-4)9-7-14;/h6-11H,5H2,1-4H3,(H,20,21,22);1H. The minimum atomic E-state index is 0. The van der Waals surface area contributed by atoms with Crippen LogP contribution in [0.5, 0.6) is 11.5 Å². The van der Waals surface area contributed by atoms with Gasteiger partial charge in [0, 0.05) is 16.8 Å². The first kappa shape index (κ1) is 18.8. The van der Waals surface area contributed by atoms with Gasteiger partial charge in [-0.3, -0.25) is 0 Å². The molecule has 0 saturated carbocycles. The van der Waals surface area contributed by atoms with Gasteiger partial charge in [0.2, 0.25) is 0 Å². The van der Waals surface area contributed by atoms with Crippen LogP contribution in [0.4, 0.5) is 11.4 Å². The minimum absolute atomic E-state index is 0. The highest BCUT2D eigenvalue weighted by Gasteiger charge is 2.10. The van der Waals surface area contributed by atoms with E-state index in [1.807, 2.05) is 57.2 Å². The maximum Gasteiger partial charge on any atom is 0.162 e. The van der Waals surface area contributed by atoms with Crippen molar-refractivity contribution in [1.29, 1.82) is 0 Å². The van der Waals surface area contributed by atoms with Gasteiger partial charge in [-0.2, -0.15) is 0 Å². The van der Waals surface area contributed by atoms with E-state index >= 15 is 0 Å². The van der Waals surface area contributed by atoms with Gasteiger partial charge in [0.05, 0.1) is 25.1 Å². The summed E-state index contributed by atoms with van der Waals surface area (Å²) in [7, 11) is 1.66. The Morgan fingerprint density at radius 2 is 1.76 bits per heavy atom. The lowest BCUT2D eigenvalue weighted by molar-refractivity contribution is 0.337. The summed E-state index contributed by atoms with van der Waals surface area (Å²) in [5.41, 5.74) is 4.40. The van der Waals surface area contributed by atoms with Gasteiger partial charge < -0.3 is 14.8 Å². The summed E-state index contributed by atoms with van der Waals surface area (Å²) in [6.07, 6.45) is 0. The van der Waals surface area contributed by atoms with Crippen molar-refractivity contribution in [3.05, 3.63) is 47.8 Å². The maximum absolute atomic E-state index is 5.68. The molecule has 1 aromatic carbocycles. The first-order valence-corrected chi connectivity index (χ1v) is 7.93. The molecule has 6 heteroatoms. The molecular formula is C19H22ClN3O2. The Labute approximate surface area is 153 Å². The molecule has 2 heterocycles. The quantitative estimate of drug-likeness (QED) is 0.707. The van der Waals surface area contributed by atoms with E-state index < -0.39 is 0 Å². The predicted octanol–water partition coefficient (Wildman–Crippen LogP) is 4.82. The molecule has 0 aliphatic rings. The van der Waals surface area contributed by atoms with E-state index in [2.05, 4.69) is 15.3 Å². The third-order valence-corrected chi connectivity index (χ3v) is 3.74. The predicted molar refractivity (Wildman–Crippen MR) is 104 cm³/mol. The summed E-state index contributed by atoms with van der Waals surface area (Å²) < 4.78 is 10.9. The Bertz CT molecular complexity index is 867. The van der Waals surface area contributed by atoms with Crippen molar-refractivity contribution in [1.82, 2.24) is 9.97 Å². The summed E-state index contributed by atoms with van der Waals surface area (Å²) in [5.74, 6) is 1.61. The number of aryl methyl sites for hydroxylation is 2. The van der Waals surface area contributed by atoms with Crippen LogP contribution >= 0.6 is 12.4 Å². The molecule has 0 fully saturated rings. The smallest absolute Gasteiger partial charge is 0.162 e. The molecule has 0 atom stereocenters. The number of ether oxygens (including phenoxy) is 2. The fraction of sp³-hybridized carbons (Fsp3) is 0.263. The fourth-order valence-electron chi connectivity index (χ4n) is 2.58. The number of anilines is 2. The number of methoxy groups -OCH3 is 1. The van der Waals surface area contributed by atoms with Crippen LogP contribution in [0.15, 0.2) is 36.4 Å². The summed E-state index contributed by atoms with van der Waals surface area (Å²) in [4.78, 5) is 9.13. The van der Waals surface area contributed by atoms with E-state index in [0.717, 1.165) is 39.6 Å². The van der Waals surface area contributed by atoms with E-state index in [0.29, 0.717) is 12.3 Å². The van der Waals surface area contributed by atoms with Gasteiger partial charge in [-0.05, 0) is 57.2 Å². The van der Waals surface area contributed by atoms with Crippen LogP contribution in [0, 0.1) is 13.8 Å². The Kier molecular flexibility index (Phi) is 6.04. The zero-order chi connectivity index (χ0) is 17.1. The van der Waals surface area contributed by atoms with Gasteiger partial charge in [0.1, 0.15) is 11.5 Å². The van der Waals surface area contributed by atoms with E-state index in [4.69, 9.17) is 9.47 Å². The van der Waals surface area contributed by atoms with Crippen LogP contribution in [0.3, 0.4) is 0 Å². The van der Waals surface area contributed by atoms with Crippen LogP contribution in [0.1, 0.15) is 18.3 Å². The van der Waals surface area contributed by atoms with E-state index in [-0.39, 0.29) is 12.4 Å². The highest BCUT2D eigenvalue weighted by atomic mass is 35.5. The van der Waals surface area contributed by atoms with Crippen molar-refractivity contribution in [2.75, 3.05) is 19.0 Å². The van der Waals surface area contributed by atoms with Crippen molar-refractivity contribution < 1.29 is 9.47 Å². The monoisotopic (exact) mass is 359 g/mol. The minimum Gasteiger partial charge on any atom is -0.497 e. The van der Waals surface area contributed by atoms with Gasteiger partial charge in [-0.1, -0.05) is 0 Å². The van der Waals surface area contributed by atoms with Gasteiger partial charge in [-0.15, -0.1) is 12.4 Å². The third kappa shape index (κ3) is 4.12. The lowest BCUT2D eigenvalue weighted by atomic mass is 10.2. The average Bonchev–Trinajstić information content (AvgIpc) is 2.57. The Hall–Kier alpha value is -2.53. The van der Waals surface area contributed by atoms with Crippen molar-refractivity contribution in [2.45, 2.75) is 20.8 Å². The number of benzene rings is 1. The highest BCUT2D eigenvalue weighted by Crippen LogP contribution is 2.30. The molecule has 0 bridgehead atoms. The molecule has 2 aromatic heterocycles. The van der Waals surface area contributed by atoms with Crippen LogP contribution in [0.25, 0.3) is 11.0 Å². The molecule has 0 aliphatic carbocycles. The summed E-state index contributed by atoms with van der Waals surface area (Å²) in [6.45, 7) is 6.47. The molecular weight excluding hydrogens is 338 g/mol. The average molecular weight is 360 g/mol. The number of rotatable bonds is 5. The van der Waals surface area contributed by atoms with Gasteiger partial charge in [0.15, 0.2) is 5.65 Å². The van der Waals surface area contributed by atoms with Crippen molar-refractivity contribution in [2.24, 2.45) is 0 Å². The van der Waals surface area contributed by atoms with Gasteiger partial charge in [0.25, 0.3) is 0 Å². The van der Waals surface area contributed by atoms with Crippen LogP contribution in [0.2, 0.25) is 0 Å². The molecule has 0 unspecified atom stereocenters. The zero-order valence-corrected chi connectivity index (χ0v) is 15.6. The zero-order valence-electron chi connectivity index (χ0n) is 14.8. The molecule has 132 valence electrons. The Morgan fingerprint density at radius 1 is 1.04 bits per heavy atom. The maximum atomic E-state index is 5.68. The van der Waals surface area contributed by atoms with Crippen LogP contribution in [-0.4, -0.2) is 23.7 Å². The van der Waals surface area contributed by atoms with Gasteiger partial charge in [-0.25, -0.2) is 9.97 Å². The number of halogens is 1. The van der Waals surface area contributed by atoms with E-state index in [1.165, 1.54) is 0 Å². The Morgan fingerprint density at radius 3 is 2.40 bits per heavy atom. The number of hydrogen-bond donors (Lipinski definition) is 1. The molecule has 0 aliphatic heterocycles.